The summed E-state index contributed by atoms with van der Waals surface area (Å²) in [4.78, 5) is 9.05. The molecule has 0 aliphatic carbocycles. The van der Waals surface area contributed by atoms with Gasteiger partial charge >= 0.3 is 0 Å². The number of phenolic OH excluding ortho intramolecular Hbond substituents is 1. The lowest BCUT2D eigenvalue weighted by molar-refractivity contribution is 0.475. The van der Waals surface area contributed by atoms with Gasteiger partial charge in [-0.05, 0) is 40.5 Å². The topological polar surface area (TPSA) is 46.0 Å². The van der Waals surface area contributed by atoms with Crippen molar-refractivity contribution in [3.8, 4) is 5.75 Å². The van der Waals surface area contributed by atoms with E-state index in [1.54, 1.807) is 6.08 Å². The quantitative estimate of drug-likeness (QED) is 0.575. The number of aromatic nitrogens is 2. The number of para-hydroxylation sites is 2. The molecule has 1 heterocycles. The van der Waals surface area contributed by atoms with Crippen molar-refractivity contribution >= 4 is 38.0 Å². The predicted molar refractivity (Wildman–Crippen MR) is 80.3 cm³/mol. The summed E-state index contributed by atoms with van der Waals surface area (Å²) in [6.45, 7) is 3.69. The van der Waals surface area contributed by atoms with E-state index in [4.69, 9.17) is 0 Å². The Bertz CT molecular complexity index is 799. The van der Waals surface area contributed by atoms with Crippen LogP contribution in [0, 0.1) is 0 Å². The lowest BCUT2D eigenvalue weighted by atomic mass is 10.1. The van der Waals surface area contributed by atoms with E-state index in [0.717, 1.165) is 21.1 Å². The molecule has 0 atom stereocenters. The van der Waals surface area contributed by atoms with E-state index < -0.39 is 0 Å². The monoisotopic (exact) mass is 314 g/mol. The van der Waals surface area contributed by atoms with E-state index in [2.05, 4.69) is 32.5 Å². The van der Waals surface area contributed by atoms with Gasteiger partial charge in [0.2, 0.25) is 0 Å². The van der Waals surface area contributed by atoms with Crippen LogP contribution in [0.3, 0.4) is 0 Å². The number of aromatic hydroxyl groups is 1. The Morgan fingerprint density at radius 3 is 2.42 bits per heavy atom. The van der Waals surface area contributed by atoms with Crippen LogP contribution in [0.2, 0.25) is 0 Å². The minimum atomic E-state index is 0.177. The van der Waals surface area contributed by atoms with Crippen molar-refractivity contribution in [1.29, 1.82) is 0 Å². The van der Waals surface area contributed by atoms with Gasteiger partial charge in [0.05, 0.1) is 11.0 Å². The molecule has 1 aromatic heterocycles. The number of nitrogens with zero attached hydrogens (tertiary/aromatic N) is 2. The molecular formula is C15H11BrN2O. The number of fused-ring (bicyclic) bond motifs is 2. The Balaban J connectivity index is 2.43. The highest BCUT2D eigenvalue weighted by Gasteiger charge is 2.13. The first-order valence-corrected chi connectivity index (χ1v) is 6.67. The Hall–Kier alpha value is -1.94. The van der Waals surface area contributed by atoms with Crippen molar-refractivity contribution in [2.75, 3.05) is 0 Å². The van der Waals surface area contributed by atoms with E-state index in [0.29, 0.717) is 17.5 Å². The van der Waals surface area contributed by atoms with Crippen LogP contribution in [0.4, 0.5) is 0 Å². The van der Waals surface area contributed by atoms with Crippen LogP contribution >= 0.6 is 15.9 Å². The molecule has 4 heteroatoms. The van der Waals surface area contributed by atoms with E-state index in [1.165, 1.54) is 0 Å². The fourth-order valence-electron chi connectivity index (χ4n) is 2.08. The maximum absolute atomic E-state index is 10.3. The number of hydrogen-bond donors (Lipinski definition) is 1. The zero-order valence-corrected chi connectivity index (χ0v) is 11.7. The summed E-state index contributed by atoms with van der Waals surface area (Å²) in [6, 6.07) is 9.48. The molecule has 0 amide bonds. The molecule has 1 N–H and O–H groups in total. The SMILES string of the molecule is C=CCc1cc(Br)c2nc3ccccc3nc2c1O. The Morgan fingerprint density at radius 2 is 1.79 bits per heavy atom. The Morgan fingerprint density at radius 1 is 1.16 bits per heavy atom. The van der Waals surface area contributed by atoms with Crippen LogP contribution in [0.25, 0.3) is 22.1 Å². The predicted octanol–water partition coefficient (Wildman–Crippen LogP) is 3.98. The molecule has 0 radical (unpaired) electrons. The maximum atomic E-state index is 10.3. The van der Waals surface area contributed by atoms with Gasteiger partial charge in [0.15, 0.2) is 0 Å². The van der Waals surface area contributed by atoms with Gasteiger partial charge in [-0.2, -0.15) is 0 Å². The van der Waals surface area contributed by atoms with Crippen LogP contribution in [0.15, 0.2) is 47.5 Å². The summed E-state index contributed by atoms with van der Waals surface area (Å²) in [5, 5.41) is 10.3. The second kappa shape index (κ2) is 4.63. The molecule has 0 bridgehead atoms. The lowest BCUT2D eigenvalue weighted by Gasteiger charge is -2.08. The zero-order chi connectivity index (χ0) is 13.4. The molecule has 2 aromatic carbocycles. The summed E-state index contributed by atoms with van der Waals surface area (Å²) >= 11 is 3.49. The largest absolute Gasteiger partial charge is 0.505 e. The van der Waals surface area contributed by atoms with Crippen LogP contribution < -0.4 is 0 Å². The smallest absolute Gasteiger partial charge is 0.147 e. The number of benzene rings is 2. The van der Waals surface area contributed by atoms with Crippen molar-refractivity contribution in [1.82, 2.24) is 9.97 Å². The molecular weight excluding hydrogens is 304 g/mol. The lowest BCUT2D eigenvalue weighted by Crippen LogP contribution is -1.92. The molecule has 3 rings (SSSR count). The summed E-state index contributed by atoms with van der Waals surface area (Å²) in [6.07, 6.45) is 2.34. The van der Waals surface area contributed by atoms with E-state index in [1.807, 2.05) is 30.3 Å². The Kier molecular flexibility index (Phi) is 2.95. The van der Waals surface area contributed by atoms with Crippen LogP contribution in [-0.4, -0.2) is 15.1 Å². The van der Waals surface area contributed by atoms with Crippen LogP contribution in [-0.2, 0) is 6.42 Å². The van der Waals surface area contributed by atoms with Gasteiger partial charge in [-0.25, -0.2) is 9.97 Å². The molecule has 3 aromatic rings. The van der Waals surface area contributed by atoms with Gasteiger partial charge in [-0.15, -0.1) is 6.58 Å². The standard InChI is InChI=1S/C15H11BrN2O/c1-2-5-9-8-10(16)13-14(15(9)19)18-12-7-4-3-6-11(12)17-13/h2-4,6-8,19H,1,5H2. The van der Waals surface area contributed by atoms with Crippen LogP contribution in [0.5, 0.6) is 5.75 Å². The molecule has 19 heavy (non-hydrogen) atoms. The molecule has 0 spiro atoms. The summed E-state index contributed by atoms with van der Waals surface area (Å²) in [7, 11) is 0. The van der Waals surface area contributed by atoms with Gasteiger partial charge in [0.1, 0.15) is 16.8 Å². The minimum absolute atomic E-state index is 0.177. The number of halogens is 1. The van der Waals surface area contributed by atoms with E-state index in [-0.39, 0.29) is 5.75 Å². The van der Waals surface area contributed by atoms with Crippen molar-refractivity contribution in [2.45, 2.75) is 6.42 Å². The molecule has 0 saturated heterocycles. The van der Waals surface area contributed by atoms with E-state index in [9.17, 15) is 5.11 Å². The maximum Gasteiger partial charge on any atom is 0.147 e. The van der Waals surface area contributed by atoms with Crippen molar-refractivity contribution < 1.29 is 5.11 Å². The number of phenols is 1. The number of allylic oxidation sites excluding steroid dienone is 1. The third kappa shape index (κ3) is 1.98. The van der Waals surface area contributed by atoms with Gasteiger partial charge in [-0.3, -0.25) is 0 Å². The third-order valence-electron chi connectivity index (χ3n) is 2.99. The second-order valence-corrected chi connectivity index (χ2v) is 5.12. The second-order valence-electron chi connectivity index (χ2n) is 4.27. The van der Waals surface area contributed by atoms with Gasteiger partial charge < -0.3 is 5.11 Å². The zero-order valence-electron chi connectivity index (χ0n) is 10.1. The average molecular weight is 315 g/mol. The molecule has 0 saturated carbocycles. The first kappa shape index (κ1) is 12.1. The molecule has 3 nitrogen and oxygen atoms in total. The van der Waals surface area contributed by atoms with Gasteiger partial charge in [0, 0.05) is 10.0 Å². The van der Waals surface area contributed by atoms with E-state index >= 15 is 0 Å². The summed E-state index contributed by atoms with van der Waals surface area (Å²) in [5.74, 6) is 0.177. The fraction of sp³-hybridized carbons (Fsp3) is 0.0667. The number of hydrogen-bond acceptors (Lipinski definition) is 3. The number of rotatable bonds is 2. The highest BCUT2D eigenvalue weighted by atomic mass is 79.9. The molecule has 0 fully saturated rings. The Labute approximate surface area is 118 Å². The minimum Gasteiger partial charge on any atom is -0.505 e. The molecule has 0 aliphatic heterocycles. The summed E-state index contributed by atoms with van der Waals surface area (Å²) < 4.78 is 0.829. The van der Waals surface area contributed by atoms with Gasteiger partial charge in [0.25, 0.3) is 0 Å². The van der Waals surface area contributed by atoms with Crippen molar-refractivity contribution in [3.05, 3.63) is 53.0 Å². The average Bonchev–Trinajstić information content (AvgIpc) is 2.43. The normalized spacial score (nSPS) is 11.0. The first-order valence-electron chi connectivity index (χ1n) is 5.88. The highest BCUT2D eigenvalue weighted by molar-refractivity contribution is 9.10. The molecule has 0 aliphatic rings. The third-order valence-corrected chi connectivity index (χ3v) is 3.59. The highest BCUT2D eigenvalue weighted by Crippen LogP contribution is 2.33. The molecule has 94 valence electrons. The molecule has 0 unspecified atom stereocenters. The summed E-state index contributed by atoms with van der Waals surface area (Å²) in [5.41, 5.74) is 3.56. The van der Waals surface area contributed by atoms with Crippen LogP contribution in [0.1, 0.15) is 5.56 Å². The fourth-order valence-corrected chi connectivity index (χ4v) is 2.64. The first-order chi connectivity index (χ1) is 9.20. The van der Waals surface area contributed by atoms with Gasteiger partial charge in [-0.1, -0.05) is 18.2 Å². The van der Waals surface area contributed by atoms with Crippen molar-refractivity contribution in [2.24, 2.45) is 0 Å². The van der Waals surface area contributed by atoms with Crippen molar-refractivity contribution in [3.63, 3.8) is 0 Å².